The zero-order valence-corrected chi connectivity index (χ0v) is 13.3. The molecule has 0 aromatic rings. The van der Waals surface area contributed by atoms with Crippen molar-refractivity contribution >= 4 is 0 Å². The fourth-order valence-corrected chi connectivity index (χ4v) is 1.44. The maximum absolute atomic E-state index is 3.70. The van der Waals surface area contributed by atoms with Crippen molar-refractivity contribution in [3.63, 3.8) is 0 Å². The molecule has 0 N–H and O–H groups in total. The molecule has 0 fully saturated rings. The summed E-state index contributed by atoms with van der Waals surface area (Å²) >= 11 is 0. The van der Waals surface area contributed by atoms with Crippen LogP contribution in [0.4, 0.5) is 0 Å². The van der Waals surface area contributed by atoms with Crippen LogP contribution in [0.15, 0.2) is 72.4 Å². The summed E-state index contributed by atoms with van der Waals surface area (Å²) < 4.78 is 0. The third kappa shape index (κ3) is 12.9. The van der Waals surface area contributed by atoms with Crippen LogP contribution in [-0.4, -0.2) is 0 Å². The van der Waals surface area contributed by atoms with Crippen molar-refractivity contribution in [2.75, 3.05) is 0 Å². The Labute approximate surface area is 128 Å². The smallest absolute Gasteiger partial charge is 0.0260 e. The molecule has 0 radical (unpaired) electrons. The monoisotopic (exact) mass is 274 g/mol. The molecule has 0 atom stereocenters. The van der Waals surface area contributed by atoms with Gasteiger partial charge < -0.3 is 0 Å². The van der Waals surface area contributed by atoms with Crippen LogP contribution in [0.5, 0.6) is 0 Å². The Kier molecular flexibility index (Phi) is 23.3. The van der Waals surface area contributed by atoms with Crippen LogP contribution in [0.3, 0.4) is 0 Å². The maximum atomic E-state index is 3.70. The van der Waals surface area contributed by atoms with E-state index < -0.39 is 0 Å². The summed E-state index contributed by atoms with van der Waals surface area (Å²) in [6.45, 7) is 13.7. The van der Waals surface area contributed by atoms with E-state index in [0.717, 1.165) is 6.42 Å². The second-order valence-corrected chi connectivity index (χ2v) is 3.42. The first-order chi connectivity index (χ1) is 9.36. The van der Waals surface area contributed by atoms with Gasteiger partial charge >= 0.3 is 0 Å². The summed E-state index contributed by atoms with van der Waals surface area (Å²) in [5.41, 5.74) is 2.47. The first-order valence-electron chi connectivity index (χ1n) is 7.37. The molecule has 0 bridgehead atoms. The van der Waals surface area contributed by atoms with E-state index in [1.54, 1.807) is 0 Å². The molecular weight excluding hydrogens is 240 g/mol. The van der Waals surface area contributed by atoms with Crippen LogP contribution in [0.1, 0.15) is 54.9 Å². The summed E-state index contributed by atoms with van der Waals surface area (Å²) in [7, 11) is 0. The van der Waals surface area contributed by atoms with Gasteiger partial charge in [-0.2, -0.15) is 0 Å². The minimum absolute atomic E-state index is 0. The van der Waals surface area contributed by atoms with Gasteiger partial charge in [0.15, 0.2) is 0 Å². The quantitative estimate of drug-likeness (QED) is 0.476. The first-order valence-corrected chi connectivity index (χ1v) is 7.37. The molecular formula is C20H34. The molecule has 0 aromatic heterocycles. The highest BCUT2D eigenvalue weighted by Gasteiger charge is 1.92. The Morgan fingerprint density at radius 2 is 1.75 bits per heavy atom. The lowest BCUT2D eigenvalue weighted by molar-refractivity contribution is 1.02. The Bertz CT molecular complexity index is 346. The molecule has 0 saturated heterocycles. The average molecular weight is 274 g/mol. The standard InChI is InChI=1S/C15H18.2C2H6.CH4/c1-3-8-14(9-4-2)12-13-15-10-6-5-7-11-15;2*1-2;/h3-4,6,8-13H,1,5,7H2,2H3;2*1-2H3;1H4/b9-4-,13-12+,14-8+;;;. The summed E-state index contributed by atoms with van der Waals surface area (Å²) in [5, 5.41) is 0. The van der Waals surface area contributed by atoms with Gasteiger partial charge in [-0.3, -0.25) is 0 Å². The molecule has 1 aliphatic rings. The fraction of sp³-hybridized carbons (Fsp3) is 0.400. The van der Waals surface area contributed by atoms with Gasteiger partial charge in [0.25, 0.3) is 0 Å². The van der Waals surface area contributed by atoms with Crippen molar-refractivity contribution in [1.29, 1.82) is 0 Å². The summed E-state index contributed by atoms with van der Waals surface area (Å²) in [4.78, 5) is 0. The van der Waals surface area contributed by atoms with Crippen LogP contribution in [-0.2, 0) is 0 Å². The Balaban J connectivity index is -0.000000529. The molecule has 0 saturated carbocycles. The van der Waals surface area contributed by atoms with Gasteiger partial charge in [0.05, 0.1) is 0 Å². The molecule has 0 heterocycles. The molecule has 1 aliphatic carbocycles. The zero-order chi connectivity index (χ0) is 14.9. The van der Waals surface area contributed by atoms with E-state index in [2.05, 4.69) is 43.0 Å². The molecule has 20 heavy (non-hydrogen) atoms. The lowest BCUT2D eigenvalue weighted by Gasteiger charge is -2.00. The maximum Gasteiger partial charge on any atom is -0.0260 e. The Morgan fingerprint density at radius 1 is 1.10 bits per heavy atom. The van der Waals surface area contributed by atoms with Crippen LogP contribution in [0, 0.1) is 0 Å². The topological polar surface area (TPSA) is 0 Å². The highest BCUT2D eigenvalue weighted by Crippen LogP contribution is 2.12. The van der Waals surface area contributed by atoms with Crippen LogP contribution < -0.4 is 0 Å². The number of hydrogen-bond donors (Lipinski definition) is 0. The van der Waals surface area contributed by atoms with Gasteiger partial charge in [-0.05, 0) is 30.9 Å². The van der Waals surface area contributed by atoms with Gasteiger partial charge in [0.1, 0.15) is 0 Å². The van der Waals surface area contributed by atoms with Gasteiger partial charge in [-0.25, -0.2) is 0 Å². The molecule has 1 rings (SSSR count). The molecule has 0 aromatic carbocycles. The first kappa shape index (κ1) is 23.5. The van der Waals surface area contributed by atoms with Crippen LogP contribution in [0.25, 0.3) is 0 Å². The summed E-state index contributed by atoms with van der Waals surface area (Å²) in [6.07, 6.45) is 21.1. The molecule has 114 valence electrons. The minimum Gasteiger partial charge on any atom is -0.0990 e. The van der Waals surface area contributed by atoms with Gasteiger partial charge in [-0.15, -0.1) is 0 Å². The van der Waals surface area contributed by atoms with Crippen molar-refractivity contribution in [3.8, 4) is 0 Å². The molecule has 0 amide bonds. The van der Waals surface area contributed by atoms with Crippen molar-refractivity contribution in [2.24, 2.45) is 0 Å². The van der Waals surface area contributed by atoms with Crippen LogP contribution >= 0.6 is 0 Å². The number of rotatable bonds is 4. The van der Waals surface area contributed by atoms with E-state index >= 15 is 0 Å². The Hall–Kier alpha value is -1.56. The number of hydrogen-bond acceptors (Lipinski definition) is 0. The number of allylic oxidation sites excluding steroid dienone is 11. The SMILES string of the molecule is C.C=C/C=C(\C=C/C)/C=C/C1=CCCC=C1.CC.CC. The van der Waals surface area contributed by atoms with Gasteiger partial charge in [-0.1, -0.05) is 96.4 Å². The van der Waals surface area contributed by atoms with Crippen molar-refractivity contribution in [1.82, 2.24) is 0 Å². The van der Waals surface area contributed by atoms with E-state index in [-0.39, 0.29) is 7.43 Å². The van der Waals surface area contributed by atoms with E-state index in [1.165, 1.54) is 17.6 Å². The second kappa shape index (κ2) is 19.8. The van der Waals surface area contributed by atoms with Crippen LogP contribution in [0.2, 0.25) is 0 Å². The van der Waals surface area contributed by atoms with E-state index in [0.29, 0.717) is 0 Å². The highest BCUT2D eigenvalue weighted by molar-refractivity contribution is 5.40. The van der Waals surface area contributed by atoms with E-state index in [4.69, 9.17) is 0 Å². The second-order valence-electron chi connectivity index (χ2n) is 3.42. The Morgan fingerprint density at radius 3 is 2.20 bits per heavy atom. The van der Waals surface area contributed by atoms with Gasteiger partial charge in [0, 0.05) is 0 Å². The third-order valence-corrected chi connectivity index (χ3v) is 2.16. The normalized spacial score (nSPS) is 13.7. The molecule has 0 unspecified atom stereocenters. The van der Waals surface area contributed by atoms with Crippen molar-refractivity contribution in [2.45, 2.75) is 54.9 Å². The lowest BCUT2D eigenvalue weighted by Crippen LogP contribution is -1.80. The fourth-order valence-electron chi connectivity index (χ4n) is 1.44. The molecule has 0 heteroatoms. The zero-order valence-electron chi connectivity index (χ0n) is 13.3. The third-order valence-electron chi connectivity index (χ3n) is 2.16. The van der Waals surface area contributed by atoms with Crippen molar-refractivity contribution in [3.05, 3.63) is 72.4 Å². The van der Waals surface area contributed by atoms with E-state index in [1.807, 2.05) is 52.8 Å². The lowest BCUT2D eigenvalue weighted by atomic mass is 10.1. The highest BCUT2D eigenvalue weighted by atomic mass is 14.0. The molecule has 0 aliphatic heterocycles. The largest absolute Gasteiger partial charge is 0.0990 e. The minimum atomic E-state index is 0. The predicted octanol–water partition coefficient (Wildman–Crippen LogP) is 7.20. The summed E-state index contributed by atoms with van der Waals surface area (Å²) in [5.74, 6) is 0. The average Bonchev–Trinajstić information content (AvgIpc) is 2.50. The molecule has 0 nitrogen and oxygen atoms in total. The van der Waals surface area contributed by atoms with Crippen molar-refractivity contribution < 1.29 is 0 Å². The van der Waals surface area contributed by atoms with Gasteiger partial charge in [0.2, 0.25) is 0 Å². The predicted molar refractivity (Wildman–Crippen MR) is 98.1 cm³/mol. The summed E-state index contributed by atoms with van der Waals surface area (Å²) in [6, 6.07) is 0. The van der Waals surface area contributed by atoms with E-state index in [9.17, 15) is 0 Å². The molecule has 0 spiro atoms.